The smallest absolute Gasteiger partial charge is 0.272 e. The number of aromatic nitrogens is 1. The van der Waals surface area contributed by atoms with Crippen molar-refractivity contribution in [1.29, 1.82) is 0 Å². The number of nitrogens with zero attached hydrogens (tertiary/aromatic N) is 2. The number of rotatable bonds is 3. The molecule has 1 aliphatic rings. The molecule has 0 atom stereocenters. The summed E-state index contributed by atoms with van der Waals surface area (Å²) in [4.78, 5) is 17.9. The van der Waals surface area contributed by atoms with Gasteiger partial charge < -0.3 is 10.0 Å². The van der Waals surface area contributed by atoms with Gasteiger partial charge in [0.1, 0.15) is 5.69 Å². The molecule has 0 radical (unpaired) electrons. The molecule has 1 fully saturated rings. The number of pyridine rings is 1. The molecule has 94 valence electrons. The fourth-order valence-electron chi connectivity index (χ4n) is 1.62. The van der Waals surface area contributed by atoms with Gasteiger partial charge in [-0.2, -0.15) is 0 Å². The summed E-state index contributed by atoms with van der Waals surface area (Å²) in [5.74, 6) is 5.66. The summed E-state index contributed by atoms with van der Waals surface area (Å²) in [6.07, 6.45) is 4.23. The average Bonchev–Trinajstić information content (AvgIpc) is 3.22. The molecule has 0 unspecified atom stereocenters. The lowest BCUT2D eigenvalue weighted by Crippen LogP contribution is -2.29. The highest BCUT2D eigenvalue weighted by Crippen LogP contribution is 2.26. The van der Waals surface area contributed by atoms with E-state index < -0.39 is 0 Å². The third-order valence-electron chi connectivity index (χ3n) is 2.87. The lowest BCUT2D eigenvalue weighted by molar-refractivity contribution is 0.0779. The minimum atomic E-state index is -0.0348. The SMILES string of the molecule is CN(C(=O)c1ccc(C#CCCO)cn1)C1CC1. The Bertz CT molecular complexity index is 481. The molecule has 18 heavy (non-hydrogen) atoms. The van der Waals surface area contributed by atoms with E-state index in [0.29, 0.717) is 18.2 Å². The van der Waals surface area contributed by atoms with E-state index in [1.54, 1.807) is 23.2 Å². The highest BCUT2D eigenvalue weighted by molar-refractivity contribution is 5.92. The molecule has 1 aromatic rings. The molecule has 4 nitrogen and oxygen atoms in total. The number of aliphatic hydroxyl groups excluding tert-OH is 1. The largest absolute Gasteiger partial charge is 0.395 e. The van der Waals surface area contributed by atoms with Gasteiger partial charge in [-0.25, -0.2) is 4.98 Å². The number of carbonyl (C=O) groups is 1. The van der Waals surface area contributed by atoms with E-state index in [1.165, 1.54) is 0 Å². The number of hydrogen-bond acceptors (Lipinski definition) is 3. The highest BCUT2D eigenvalue weighted by Gasteiger charge is 2.30. The molecule has 0 aromatic carbocycles. The van der Waals surface area contributed by atoms with Crippen molar-refractivity contribution in [3.63, 3.8) is 0 Å². The minimum absolute atomic E-state index is 0.0348. The molecule has 0 spiro atoms. The van der Waals surface area contributed by atoms with E-state index in [-0.39, 0.29) is 12.5 Å². The first kappa shape index (κ1) is 12.6. The summed E-state index contributed by atoms with van der Waals surface area (Å²) in [5.41, 5.74) is 1.21. The van der Waals surface area contributed by atoms with E-state index in [0.717, 1.165) is 18.4 Å². The van der Waals surface area contributed by atoms with Crippen LogP contribution < -0.4 is 0 Å². The summed E-state index contributed by atoms with van der Waals surface area (Å²) in [5, 5.41) is 8.61. The predicted octanol–water partition coefficient (Wildman–Crippen LogP) is 1.05. The van der Waals surface area contributed by atoms with Gasteiger partial charge in [0.15, 0.2) is 0 Å². The fourth-order valence-corrected chi connectivity index (χ4v) is 1.62. The van der Waals surface area contributed by atoms with Crippen LogP contribution in [0.2, 0.25) is 0 Å². The molecule has 2 rings (SSSR count). The molecule has 1 heterocycles. The Kier molecular flexibility index (Phi) is 3.96. The normalized spacial score (nSPS) is 13.7. The first-order valence-corrected chi connectivity index (χ1v) is 6.05. The van der Waals surface area contributed by atoms with E-state index >= 15 is 0 Å². The van der Waals surface area contributed by atoms with Crippen LogP contribution in [-0.4, -0.2) is 40.6 Å². The molecule has 0 saturated heterocycles. The van der Waals surface area contributed by atoms with Crippen LogP contribution in [0.1, 0.15) is 35.3 Å². The molecular weight excluding hydrogens is 228 g/mol. The van der Waals surface area contributed by atoms with Crippen molar-refractivity contribution in [2.75, 3.05) is 13.7 Å². The zero-order valence-electron chi connectivity index (χ0n) is 10.4. The quantitative estimate of drug-likeness (QED) is 0.809. The number of amides is 1. The van der Waals surface area contributed by atoms with Gasteiger partial charge >= 0.3 is 0 Å². The molecule has 1 amide bonds. The Hall–Kier alpha value is -1.86. The first-order chi connectivity index (χ1) is 8.72. The van der Waals surface area contributed by atoms with Crippen LogP contribution in [0.5, 0.6) is 0 Å². The van der Waals surface area contributed by atoms with Gasteiger partial charge in [-0.3, -0.25) is 4.79 Å². The van der Waals surface area contributed by atoms with Crippen molar-refractivity contribution >= 4 is 5.91 Å². The van der Waals surface area contributed by atoms with Crippen LogP contribution in [0, 0.1) is 11.8 Å². The molecule has 1 saturated carbocycles. The van der Waals surface area contributed by atoms with Gasteiger partial charge in [0.05, 0.1) is 6.61 Å². The minimum Gasteiger partial charge on any atom is -0.395 e. The molecule has 1 aliphatic carbocycles. The standard InChI is InChI=1S/C14H16N2O2/c1-16(12-6-7-12)14(18)13-8-5-11(10-15-13)4-2-3-9-17/h5,8,10,12,17H,3,6-7,9H2,1H3. The second-order valence-electron chi connectivity index (χ2n) is 4.35. The van der Waals surface area contributed by atoms with Gasteiger partial charge in [0.25, 0.3) is 5.91 Å². The molecule has 0 bridgehead atoms. The van der Waals surface area contributed by atoms with Gasteiger partial charge in [0.2, 0.25) is 0 Å². The Labute approximate surface area is 107 Å². The average molecular weight is 244 g/mol. The second kappa shape index (κ2) is 5.65. The van der Waals surface area contributed by atoms with Crippen molar-refractivity contribution in [3.8, 4) is 11.8 Å². The fraction of sp³-hybridized carbons (Fsp3) is 0.429. The zero-order chi connectivity index (χ0) is 13.0. The van der Waals surface area contributed by atoms with Crippen LogP contribution in [0.15, 0.2) is 18.3 Å². The molecular formula is C14H16N2O2. The summed E-state index contributed by atoms with van der Waals surface area (Å²) in [7, 11) is 1.82. The Balaban J connectivity index is 2.03. The lowest BCUT2D eigenvalue weighted by Gasteiger charge is -2.15. The zero-order valence-corrected chi connectivity index (χ0v) is 10.4. The van der Waals surface area contributed by atoms with Crippen LogP contribution in [0.3, 0.4) is 0 Å². The van der Waals surface area contributed by atoms with Crippen molar-refractivity contribution in [3.05, 3.63) is 29.6 Å². The van der Waals surface area contributed by atoms with E-state index in [4.69, 9.17) is 5.11 Å². The van der Waals surface area contributed by atoms with Crippen molar-refractivity contribution < 1.29 is 9.90 Å². The maximum atomic E-state index is 12.0. The summed E-state index contributed by atoms with van der Waals surface area (Å²) >= 11 is 0. The van der Waals surface area contributed by atoms with E-state index in [1.807, 2.05) is 7.05 Å². The monoisotopic (exact) mass is 244 g/mol. The lowest BCUT2D eigenvalue weighted by atomic mass is 10.2. The third-order valence-corrected chi connectivity index (χ3v) is 2.87. The van der Waals surface area contributed by atoms with Crippen LogP contribution >= 0.6 is 0 Å². The van der Waals surface area contributed by atoms with Crippen molar-refractivity contribution in [2.45, 2.75) is 25.3 Å². The maximum absolute atomic E-state index is 12.0. The molecule has 1 N–H and O–H groups in total. The van der Waals surface area contributed by atoms with Crippen LogP contribution in [0.25, 0.3) is 0 Å². The Morgan fingerprint density at radius 2 is 2.33 bits per heavy atom. The summed E-state index contributed by atoms with van der Waals surface area (Å²) in [6, 6.07) is 3.87. The van der Waals surface area contributed by atoms with E-state index in [9.17, 15) is 4.79 Å². The topological polar surface area (TPSA) is 53.4 Å². The molecule has 1 aromatic heterocycles. The summed E-state index contributed by atoms with van der Waals surface area (Å²) in [6.45, 7) is 0.0587. The van der Waals surface area contributed by atoms with Crippen LogP contribution in [-0.2, 0) is 0 Å². The first-order valence-electron chi connectivity index (χ1n) is 6.05. The second-order valence-corrected chi connectivity index (χ2v) is 4.35. The van der Waals surface area contributed by atoms with E-state index in [2.05, 4.69) is 16.8 Å². The number of aliphatic hydroxyl groups is 1. The molecule has 4 heteroatoms. The highest BCUT2D eigenvalue weighted by atomic mass is 16.2. The van der Waals surface area contributed by atoms with Gasteiger partial charge in [-0.05, 0) is 25.0 Å². The van der Waals surface area contributed by atoms with Gasteiger partial charge in [0, 0.05) is 31.3 Å². The summed E-state index contributed by atoms with van der Waals surface area (Å²) < 4.78 is 0. The third kappa shape index (κ3) is 3.08. The maximum Gasteiger partial charge on any atom is 0.272 e. The molecule has 0 aliphatic heterocycles. The Morgan fingerprint density at radius 3 is 2.89 bits per heavy atom. The Morgan fingerprint density at radius 1 is 1.56 bits per heavy atom. The van der Waals surface area contributed by atoms with Gasteiger partial charge in [-0.1, -0.05) is 11.8 Å². The van der Waals surface area contributed by atoms with Crippen molar-refractivity contribution in [1.82, 2.24) is 9.88 Å². The van der Waals surface area contributed by atoms with Gasteiger partial charge in [-0.15, -0.1) is 0 Å². The number of carbonyl (C=O) groups excluding carboxylic acids is 1. The predicted molar refractivity (Wildman–Crippen MR) is 67.9 cm³/mol. The van der Waals surface area contributed by atoms with Crippen molar-refractivity contribution in [2.24, 2.45) is 0 Å². The van der Waals surface area contributed by atoms with Crippen LogP contribution in [0.4, 0.5) is 0 Å². The number of hydrogen-bond donors (Lipinski definition) is 1.